The van der Waals surface area contributed by atoms with E-state index < -0.39 is 233 Å². The minimum absolute atomic E-state index is 0.0455. The molecule has 13 atom stereocenters. The van der Waals surface area contributed by atoms with E-state index in [0.29, 0.717) is 75.5 Å². The number of aromatic amines is 1. The van der Waals surface area contributed by atoms with Gasteiger partial charge in [0.2, 0.25) is 88.6 Å². The van der Waals surface area contributed by atoms with Crippen LogP contribution in [0.4, 0.5) is 13.2 Å². The van der Waals surface area contributed by atoms with Crippen molar-refractivity contribution in [2.45, 2.75) is 197 Å². The number of hydrogen-bond donors (Lipinski definition) is 15. The fraction of sp³-hybridized carbons (Fsp3) is 0.443. The van der Waals surface area contributed by atoms with Crippen LogP contribution in [0.15, 0.2) is 152 Å². The molecule has 6 aromatic carbocycles. The molecule has 137 heavy (non-hydrogen) atoms. The molecule has 1 aromatic heterocycles. The number of carbonyl (C=O) groups excluding carboxylic acids is 15. The number of nitrogens with zero attached hydrogens (tertiary/aromatic N) is 5. The summed E-state index contributed by atoms with van der Waals surface area (Å²) in [7, 11) is 3.77. The number of rotatable bonds is 23. The summed E-state index contributed by atoms with van der Waals surface area (Å²) in [5.41, 5.74) is 7.93. The Balaban J connectivity index is 1.06. The SMILES string of the molecule is CCCC[C@H]1C(=O)N2CCC[C@@H]2C(=O)N[C@@H](CC(=O)O)C(=O)N[C@@H](C(C)C)C(=O)N(C)[C@@H](Cc2ccccc2)C(=O)N[C@@H](Cc2ccc(O)cc2)C(=O)N2CCNC[C@@H]2C(=O)N[C@@H](Cc2c[nH]c3ccccc23)C(=O)N[C@@H](Cc2ccc(O)cc2)C(=O)N[C@@H](CC(C)C)C(=O)N[C@H](C(=O)NCC(N)=O)CSCC(=O)N[C@@H](Cc2cc(F)c(F)c(F)c2)C(=O)N(C)[C@@H](Cc2ccccc2)C(=O)N1C. The fourth-order valence-electron chi connectivity index (χ4n) is 16.9. The number of fused-ring (bicyclic) bond motifs is 3. The van der Waals surface area contributed by atoms with Crippen molar-refractivity contribution in [2.75, 3.05) is 65.4 Å². The maximum absolute atomic E-state index is 15.9. The molecular weight excluding hydrogens is 1800 g/mol. The summed E-state index contributed by atoms with van der Waals surface area (Å²) in [5.74, 6) is -24.2. The number of aliphatic carboxylic acids is 1. The molecule has 40 heteroatoms. The molecule has 0 aliphatic carbocycles. The second-order valence-electron chi connectivity index (χ2n) is 35.4. The summed E-state index contributed by atoms with van der Waals surface area (Å²) in [4.78, 5) is 248. The molecule has 15 amide bonds. The lowest BCUT2D eigenvalue weighted by Crippen LogP contribution is -2.66. The van der Waals surface area contributed by atoms with Crippen LogP contribution in [0.2, 0.25) is 0 Å². The van der Waals surface area contributed by atoms with Crippen LogP contribution in [0.5, 0.6) is 11.5 Å². The lowest BCUT2D eigenvalue weighted by atomic mass is 9.98. The Morgan fingerprint density at radius 1 is 0.511 bits per heavy atom. The number of aromatic hydroxyl groups is 2. The van der Waals surface area contributed by atoms with Crippen molar-refractivity contribution >= 4 is 117 Å². The third-order valence-electron chi connectivity index (χ3n) is 24.4. The third kappa shape index (κ3) is 29.1. The molecule has 0 saturated carbocycles. The number of carbonyl (C=O) groups is 16. The highest BCUT2D eigenvalue weighted by Crippen LogP contribution is 2.28. The van der Waals surface area contributed by atoms with Crippen LogP contribution in [0.25, 0.3) is 10.9 Å². The maximum atomic E-state index is 15.9. The number of amides is 15. The molecule has 3 saturated heterocycles. The molecule has 3 aliphatic rings. The number of aromatic nitrogens is 1. The van der Waals surface area contributed by atoms with Crippen LogP contribution in [0.3, 0.4) is 0 Å². The second-order valence-corrected chi connectivity index (χ2v) is 36.4. The van der Waals surface area contributed by atoms with Crippen molar-refractivity contribution in [1.82, 2.24) is 82.7 Å². The predicted molar refractivity (Wildman–Crippen MR) is 500 cm³/mol. The summed E-state index contributed by atoms with van der Waals surface area (Å²) in [5, 5.41) is 59.0. The van der Waals surface area contributed by atoms with Gasteiger partial charge < -0.3 is 104 Å². The summed E-state index contributed by atoms with van der Waals surface area (Å²) in [6.07, 6.45) is -1.03. The van der Waals surface area contributed by atoms with Gasteiger partial charge in [-0.15, -0.1) is 11.8 Å². The monoisotopic (exact) mass is 1920 g/mol. The van der Waals surface area contributed by atoms with Crippen LogP contribution < -0.4 is 58.9 Å². The van der Waals surface area contributed by atoms with Crippen molar-refractivity contribution in [3.8, 4) is 11.5 Å². The Morgan fingerprint density at radius 3 is 1.61 bits per heavy atom. The van der Waals surface area contributed by atoms with Gasteiger partial charge in [-0.25, -0.2) is 13.2 Å². The van der Waals surface area contributed by atoms with Crippen molar-refractivity contribution in [3.63, 3.8) is 0 Å². The average molecular weight is 1920 g/mol. The predicted octanol–water partition coefficient (Wildman–Crippen LogP) is 2.62. The van der Waals surface area contributed by atoms with E-state index in [1.54, 1.807) is 119 Å². The zero-order chi connectivity index (χ0) is 99.6. The molecule has 0 unspecified atom stereocenters. The highest BCUT2D eigenvalue weighted by molar-refractivity contribution is 8.00. The van der Waals surface area contributed by atoms with Crippen molar-refractivity contribution in [3.05, 3.63) is 203 Å². The zero-order valence-electron chi connectivity index (χ0n) is 77.5. The normalized spacial score (nSPS) is 23.3. The van der Waals surface area contributed by atoms with E-state index in [1.165, 1.54) is 79.5 Å². The molecule has 734 valence electrons. The highest BCUT2D eigenvalue weighted by Gasteiger charge is 2.46. The summed E-state index contributed by atoms with van der Waals surface area (Å²) in [6, 6.07) is 15.1. The molecule has 0 bridgehead atoms. The van der Waals surface area contributed by atoms with E-state index in [0.717, 1.165) is 14.7 Å². The first kappa shape index (κ1) is 105. The number of carboxylic acid groups (broad SMARTS) is 1. The van der Waals surface area contributed by atoms with E-state index in [1.807, 2.05) is 6.92 Å². The Morgan fingerprint density at radius 2 is 1.01 bits per heavy atom. The molecule has 7 aromatic rings. The number of likely N-dealkylation sites (N-methyl/N-ethyl adjacent to an activating group) is 3. The molecule has 10 rings (SSSR count). The molecule has 0 spiro atoms. The van der Waals surface area contributed by atoms with Gasteiger partial charge >= 0.3 is 5.97 Å². The molecule has 3 fully saturated rings. The Bertz CT molecular complexity index is 5470. The van der Waals surface area contributed by atoms with Crippen LogP contribution in [0, 0.1) is 29.3 Å². The summed E-state index contributed by atoms with van der Waals surface area (Å²) in [6.45, 7) is 7.11. The van der Waals surface area contributed by atoms with E-state index in [4.69, 9.17) is 5.73 Å². The van der Waals surface area contributed by atoms with Gasteiger partial charge in [0.25, 0.3) is 0 Å². The van der Waals surface area contributed by atoms with Gasteiger partial charge in [-0.2, -0.15) is 0 Å². The van der Waals surface area contributed by atoms with Crippen molar-refractivity contribution < 1.29 is 105 Å². The Hall–Kier alpha value is -13.9. The first-order valence-corrected chi connectivity index (χ1v) is 46.6. The quantitative estimate of drug-likeness (QED) is 0.0409. The number of halogens is 3. The topological polar surface area (TPSA) is 512 Å². The van der Waals surface area contributed by atoms with Gasteiger partial charge in [0.15, 0.2) is 17.5 Å². The summed E-state index contributed by atoms with van der Waals surface area (Å²) < 4.78 is 45.2. The number of phenols is 2. The number of hydrogen-bond acceptors (Lipinski definition) is 20. The number of benzene rings is 6. The Kier molecular flexibility index (Phi) is 38.0. The van der Waals surface area contributed by atoms with Gasteiger partial charge in [0.05, 0.1) is 18.7 Å². The summed E-state index contributed by atoms with van der Waals surface area (Å²) >= 11 is 0.675. The van der Waals surface area contributed by atoms with Crippen LogP contribution >= 0.6 is 11.8 Å². The number of para-hydroxylation sites is 1. The number of nitrogens with two attached hydrogens (primary N) is 1. The minimum Gasteiger partial charge on any atom is -0.508 e. The van der Waals surface area contributed by atoms with Gasteiger partial charge in [-0.3, -0.25) is 76.7 Å². The zero-order valence-corrected chi connectivity index (χ0v) is 78.3. The Labute approximate surface area is 794 Å². The number of nitrogens with one attached hydrogen (secondary N) is 11. The van der Waals surface area contributed by atoms with Gasteiger partial charge in [-0.05, 0) is 113 Å². The van der Waals surface area contributed by atoms with E-state index >= 15 is 56.7 Å². The third-order valence-corrected chi connectivity index (χ3v) is 25.4. The first-order chi connectivity index (χ1) is 65.3. The maximum Gasteiger partial charge on any atom is 0.305 e. The number of H-pyrrole nitrogens is 1. The molecule has 0 radical (unpaired) electrons. The van der Waals surface area contributed by atoms with Crippen molar-refractivity contribution in [2.24, 2.45) is 17.6 Å². The van der Waals surface area contributed by atoms with Gasteiger partial charge in [-0.1, -0.05) is 151 Å². The van der Waals surface area contributed by atoms with E-state index in [9.17, 15) is 48.5 Å². The number of phenolic OH excluding ortho intramolecular Hbond substituents is 2. The highest BCUT2D eigenvalue weighted by atomic mass is 32.2. The second kappa shape index (κ2) is 49.5. The average Bonchev–Trinajstić information content (AvgIpc) is 1.73. The number of primary amides is 1. The molecule has 36 nitrogen and oxygen atoms in total. The van der Waals surface area contributed by atoms with Crippen LogP contribution in [-0.4, -0.2) is 283 Å². The van der Waals surface area contributed by atoms with Crippen LogP contribution in [0.1, 0.15) is 113 Å². The van der Waals surface area contributed by atoms with Gasteiger partial charge in [0.1, 0.15) is 90.0 Å². The standard InChI is InChI=1S/C97H120F3N17O19S/c1-9-10-26-76-96(135)116-37-19-27-75(116)90(129)109-71(48-82(122)123)89(128)112-84(55(4)5)97(136)114(7)77(45-56-20-13-11-14-21-56)91(130)110-73(43-59-30-34-63(119)35-31-59)94(133)117-38-36-102-50-79(117)92(131)108-70(47-61-49-103-67-25-18-17-24-64(61)67)88(127)107-69(42-58-28-32-62(118)33-29-58)87(126)106-68(39-54(2)3)86(125)111-74(85(124)104-51-80(101)120)52-137-53-81(121)105-72(44-60-40-65(98)83(100)66(99)41-60)93(132)115(8)78(95(134)113(76)6)46-57-22-15-12-16-23-57/h11-18,20-25,28-35,40-41,49,54-55,68-79,84,102-103,118-119H,9-10,19,26-27,36-39,42-48,50-53H2,1-8H3,(H2,101,120)(H,104,124)(H,105,121)(H,106,126)(H,107,127)(H,108,131)(H,109,129)(H,110,130)(H,111,125)(H,112,128)(H,122,123)/t68-,69-,70-,71-,72-,73-,74-,75+,76-,77-,78-,79+,84-/m0/s1. The number of piperazine rings is 1. The van der Waals surface area contributed by atoms with E-state index in [-0.39, 0.29) is 101 Å². The fourth-order valence-corrected chi connectivity index (χ4v) is 17.8. The smallest absolute Gasteiger partial charge is 0.305 e. The minimum atomic E-state index is -1.95. The van der Waals surface area contributed by atoms with Crippen molar-refractivity contribution in [1.29, 1.82) is 0 Å². The number of carboxylic acids is 1. The first-order valence-electron chi connectivity index (χ1n) is 45.5. The van der Waals surface area contributed by atoms with E-state index in [2.05, 4.69) is 58.2 Å². The molecule has 4 heterocycles. The lowest BCUT2D eigenvalue weighted by Gasteiger charge is -2.39. The van der Waals surface area contributed by atoms with Gasteiger partial charge in [0, 0.05) is 109 Å². The number of unbranched alkanes of at least 4 members (excludes halogenated alkanes) is 1. The molecule has 16 N–H and O–H groups in total. The van der Waals surface area contributed by atoms with Crippen LogP contribution in [-0.2, 0) is 115 Å². The molecule has 3 aliphatic heterocycles. The largest absolute Gasteiger partial charge is 0.508 e. The molecular formula is C97H120F3N17O19S. The lowest BCUT2D eigenvalue weighted by molar-refractivity contribution is -0.152. The number of thioether (sulfide) groups is 1.